The van der Waals surface area contributed by atoms with Crippen LogP contribution in [0, 0.1) is 10.8 Å². The number of carbonyl (C=O) groups is 1. The molecule has 0 radical (unpaired) electrons. The topological polar surface area (TPSA) is 26.3 Å². The van der Waals surface area contributed by atoms with E-state index in [0.29, 0.717) is 0 Å². The second kappa shape index (κ2) is 5.91. The molecule has 1 atom stereocenters. The first-order chi connectivity index (χ1) is 9.18. The predicted octanol–water partition coefficient (Wildman–Crippen LogP) is 5.27. The molecule has 0 aliphatic heterocycles. The van der Waals surface area contributed by atoms with Gasteiger partial charge in [-0.2, -0.15) is 0 Å². The van der Waals surface area contributed by atoms with Crippen LogP contribution in [0.2, 0.25) is 0 Å². The summed E-state index contributed by atoms with van der Waals surface area (Å²) in [4.78, 5) is 12.8. The van der Waals surface area contributed by atoms with E-state index in [4.69, 9.17) is 4.74 Å². The summed E-state index contributed by atoms with van der Waals surface area (Å²) in [5.41, 5.74) is 0.560. The molecule has 0 aromatic rings. The molecular formula is C18H32O2. The summed E-state index contributed by atoms with van der Waals surface area (Å²) in [6.07, 6.45) is 6.82. The van der Waals surface area contributed by atoms with Crippen molar-refractivity contribution >= 4 is 5.97 Å². The zero-order chi connectivity index (χ0) is 15.6. The molecule has 116 valence electrons. The Morgan fingerprint density at radius 2 is 1.70 bits per heavy atom. The number of hydrogen-bond acceptors (Lipinski definition) is 2. The monoisotopic (exact) mass is 280 g/mol. The molecular weight excluding hydrogens is 248 g/mol. The minimum absolute atomic E-state index is 0.0131. The van der Waals surface area contributed by atoms with Crippen molar-refractivity contribution in [2.24, 2.45) is 10.8 Å². The number of rotatable bonds is 7. The van der Waals surface area contributed by atoms with Crippen LogP contribution in [-0.2, 0) is 9.53 Å². The number of allylic oxidation sites excluding steroid dienone is 1. The molecule has 1 saturated carbocycles. The minimum atomic E-state index is -0.394. The van der Waals surface area contributed by atoms with Crippen molar-refractivity contribution in [3.8, 4) is 0 Å². The lowest BCUT2D eigenvalue weighted by Crippen LogP contribution is -2.37. The highest BCUT2D eigenvalue weighted by Crippen LogP contribution is 2.65. The summed E-state index contributed by atoms with van der Waals surface area (Å²) in [7, 11) is 0. The molecule has 0 heterocycles. The molecule has 1 fully saturated rings. The van der Waals surface area contributed by atoms with Crippen molar-refractivity contribution in [1.29, 1.82) is 0 Å². The zero-order valence-corrected chi connectivity index (χ0v) is 14.4. The van der Waals surface area contributed by atoms with Crippen LogP contribution in [0.5, 0.6) is 0 Å². The molecule has 1 unspecified atom stereocenters. The van der Waals surface area contributed by atoms with Gasteiger partial charge < -0.3 is 4.74 Å². The second-order valence-electron chi connectivity index (χ2n) is 7.28. The summed E-state index contributed by atoms with van der Waals surface area (Å²) in [5, 5.41) is 0. The van der Waals surface area contributed by atoms with Crippen LogP contribution in [0.15, 0.2) is 11.6 Å². The molecule has 0 aromatic carbocycles. The molecule has 2 heteroatoms. The molecule has 20 heavy (non-hydrogen) atoms. The normalized spacial score (nSPS) is 24.1. The van der Waals surface area contributed by atoms with E-state index in [1.165, 1.54) is 5.57 Å². The zero-order valence-electron chi connectivity index (χ0n) is 14.4. The third-order valence-corrected chi connectivity index (χ3v) is 5.01. The average Bonchev–Trinajstić information content (AvgIpc) is 2.90. The Morgan fingerprint density at radius 1 is 1.20 bits per heavy atom. The minimum Gasteiger partial charge on any atom is -0.458 e. The van der Waals surface area contributed by atoms with E-state index in [1.807, 2.05) is 0 Å². The highest BCUT2D eigenvalue weighted by atomic mass is 16.6. The van der Waals surface area contributed by atoms with Gasteiger partial charge in [-0.3, -0.25) is 4.79 Å². The Kier molecular flexibility index (Phi) is 5.10. The van der Waals surface area contributed by atoms with Gasteiger partial charge in [0.25, 0.3) is 0 Å². The summed E-state index contributed by atoms with van der Waals surface area (Å²) >= 11 is 0. The quantitative estimate of drug-likeness (QED) is 0.469. The van der Waals surface area contributed by atoms with E-state index >= 15 is 0 Å². The fourth-order valence-corrected chi connectivity index (χ4v) is 3.34. The molecule has 2 nitrogen and oxygen atoms in total. The van der Waals surface area contributed by atoms with Crippen LogP contribution in [0.25, 0.3) is 0 Å². The van der Waals surface area contributed by atoms with Crippen molar-refractivity contribution < 1.29 is 9.53 Å². The summed E-state index contributed by atoms with van der Waals surface area (Å²) in [6, 6.07) is 0. The van der Waals surface area contributed by atoms with E-state index in [1.54, 1.807) is 0 Å². The lowest BCUT2D eigenvalue weighted by molar-refractivity contribution is -0.168. The van der Waals surface area contributed by atoms with Gasteiger partial charge in [-0.15, -0.1) is 0 Å². The largest absolute Gasteiger partial charge is 0.458 e. The SMILES string of the molecule is CCCC(CC)(CC)OC(=O)C1(C=C(C)C)CC1(C)C. The summed E-state index contributed by atoms with van der Waals surface area (Å²) in [6.45, 7) is 14.8. The van der Waals surface area contributed by atoms with Crippen molar-refractivity contribution in [1.82, 2.24) is 0 Å². The van der Waals surface area contributed by atoms with Gasteiger partial charge in [0.2, 0.25) is 0 Å². The third kappa shape index (κ3) is 3.10. The molecule has 0 N–H and O–H groups in total. The predicted molar refractivity (Wildman–Crippen MR) is 84.6 cm³/mol. The molecule has 0 spiro atoms. The molecule has 1 aliphatic carbocycles. The molecule has 0 saturated heterocycles. The number of hydrogen-bond donors (Lipinski definition) is 0. The maximum atomic E-state index is 12.8. The van der Waals surface area contributed by atoms with E-state index in [0.717, 1.165) is 32.1 Å². The van der Waals surface area contributed by atoms with E-state index < -0.39 is 5.41 Å². The Labute approximate surface area is 125 Å². The Hall–Kier alpha value is -0.790. The first-order valence-corrected chi connectivity index (χ1v) is 8.08. The van der Waals surface area contributed by atoms with Gasteiger partial charge in [-0.05, 0) is 44.9 Å². The van der Waals surface area contributed by atoms with Crippen LogP contribution < -0.4 is 0 Å². The molecule has 0 bridgehead atoms. The first kappa shape index (κ1) is 17.3. The van der Waals surface area contributed by atoms with Gasteiger partial charge >= 0.3 is 5.97 Å². The van der Waals surface area contributed by atoms with Gasteiger partial charge in [0.1, 0.15) is 5.60 Å². The summed E-state index contributed by atoms with van der Waals surface area (Å²) in [5.74, 6) is -0.0131. The molecule has 0 amide bonds. The maximum absolute atomic E-state index is 12.8. The van der Waals surface area contributed by atoms with Gasteiger partial charge in [-0.1, -0.05) is 52.7 Å². The molecule has 0 aromatic heterocycles. The highest BCUT2D eigenvalue weighted by molar-refractivity contribution is 5.84. The van der Waals surface area contributed by atoms with Crippen LogP contribution in [0.3, 0.4) is 0 Å². The van der Waals surface area contributed by atoms with Gasteiger partial charge in [-0.25, -0.2) is 0 Å². The summed E-state index contributed by atoms with van der Waals surface area (Å²) < 4.78 is 6.06. The maximum Gasteiger partial charge on any atom is 0.317 e. The van der Waals surface area contributed by atoms with Crippen LogP contribution >= 0.6 is 0 Å². The molecule has 1 rings (SSSR count). The number of ether oxygens (including phenoxy) is 1. The van der Waals surface area contributed by atoms with Crippen LogP contribution in [0.1, 0.15) is 80.6 Å². The fourth-order valence-electron chi connectivity index (χ4n) is 3.34. The van der Waals surface area contributed by atoms with E-state index in [9.17, 15) is 4.79 Å². The van der Waals surface area contributed by atoms with E-state index in [-0.39, 0.29) is 17.0 Å². The lowest BCUT2D eigenvalue weighted by Gasteiger charge is -2.33. The third-order valence-electron chi connectivity index (χ3n) is 5.01. The smallest absolute Gasteiger partial charge is 0.317 e. The Bertz CT molecular complexity index is 384. The van der Waals surface area contributed by atoms with Crippen molar-refractivity contribution in [3.05, 3.63) is 11.6 Å². The highest BCUT2D eigenvalue weighted by Gasteiger charge is 2.66. The van der Waals surface area contributed by atoms with Crippen molar-refractivity contribution in [2.45, 2.75) is 86.2 Å². The van der Waals surface area contributed by atoms with Crippen molar-refractivity contribution in [2.75, 3.05) is 0 Å². The lowest BCUT2D eigenvalue weighted by atomic mass is 9.89. The first-order valence-electron chi connectivity index (χ1n) is 8.08. The number of esters is 1. The average molecular weight is 280 g/mol. The van der Waals surface area contributed by atoms with Gasteiger partial charge in [0.15, 0.2) is 0 Å². The van der Waals surface area contributed by atoms with Gasteiger partial charge in [0, 0.05) is 0 Å². The Morgan fingerprint density at radius 3 is 2.00 bits per heavy atom. The second-order valence-corrected chi connectivity index (χ2v) is 7.28. The van der Waals surface area contributed by atoms with E-state index in [2.05, 4.69) is 54.5 Å². The Balaban J connectivity index is 2.96. The molecule has 1 aliphatic rings. The standard InChI is InChI=1S/C18H32O2/c1-8-11-17(9-2,10-3)20-15(19)18(12-14(4)5)13-16(18,6)7/h12H,8-11,13H2,1-7H3. The van der Waals surface area contributed by atoms with Crippen LogP contribution in [-0.4, -0.2) is 11.6 Å². The van der Waals surface area contributed by atoms with Crippen molar-refractivity contribution in [3.63, 3.8) is 0 Å². The van der Waals surface area contributed by atoms with Crippen LogP contribution in [0.4, 0.5) is 0 Å². The fraction of sp³-hybridized carbons (Fsp3) is 0.833. The number of carbonyl (C=O) groups excluding carboxylic acids is 1. The van der Waals surface area contributed by atoms with Gasteiger partial charge in [0.05, 0.1) is 5.41 Å².